The predicted molar refractivity (Wildman–Crippen MR) is 102 cm³/mol. The van der Waals surface area contributed by atoms with Gasteiger partial charge in [-0.3, -0.25) is 4.79 Å². The van der Waals surface area contributed by atoms with Crippen LogP contribution in [0.1, 0.15) is 33.3 Å². The Morgan fingerprint density at radius 2 is 2.00 bits per heavy atom. The SMILES string of the molecule is CCNC(=NCc1ccn(C)c1)NCC(=O)NC(C)(C)C.I. The second kappa shape index (κ2) is 9.70. The number of hydrogen-bond donors (Lipinski definition) is 3. The lowest BCUT2D eigenvalue weighted by Gasteiger charge is -2.21. The van der Waals surface area contributed by atoms with Gasteiger partial charge >= 0.3 is 0 Å². The molecule has 126 valence electrons. The van der Waals surface area contributed by atoms with Crippen LogP contribution in [-0.4, -0.2) is 35.1 Å². The molecular weight excluding hydrogens is 393 g/mol. The van der Waals surface area contributed by atoms with Crippen molar-refractivity contribution < 1.29 is 4.79 Å². The highest BCUT2D eigenvalue weighted by Gasteiger charge is 2.13. The molecule has 0 saturated carbocycles. The molecule has 1 rings (SSSR count). The summed E-state index contributed by atoms with van der Waals surface area (Å²) in [6.45, 7) is 9.41. The lowest BCUT2D eigenvalue weighted by molar-refractivity contribution is -0.121. The topological polar surface area (TPSA) is 70.5 Å². The minimum absolute atomic E-state index is 0. The van der Waals surface area contributed by atoms with E-state index in [1.807, 2.05) is 57.8 Å². The van der Waals surface area contributed by atoms with Crippen LogP contribution >= 0.6 is 24.0 Å². The third kappa shape index (κ3) is 8.91. The first kappa shape index (κ1) is 20.8. The van der Waals surface area contributed by atoms with Crippen molar-refractivity contribution >= 4 is 35.8 Å². The fourth-order valence-corrected chi connectivity index (χ4v) is 1.79. The van der Waals surface area contributed by atoms with Gasteiger partial charge < -0.3 is 20.5 Å². The monoisotopic (exact) mass is 421 g/mol. The number of aliphatic imine (C=N–C) groups is 1. The Morgan fingerprint density at radius 3 is 2.50 bits per heavy atom. The molecule has 0 aromatic carbocycles. The molecule has 1 aromatic rings. The number of nitrogens with zero attached hydrogens (tertiary/aromatic N) is 2. The van der Waals surface area contributed by atoms with Crippen LogP contribution in [0.15, 0.2) is 23.5 Å². The number of aromatic nitrogens is 1. The van der Waals surface area contributed by atoms with Crippen LogP contribution in [0, 0.1) is 0 Å². The Balaban J connectivity index is 0.00000441. The van der Waals surface area contributed by atoms with Gasteiger partial charge in [-0.2, -0.15) is 0 Å². The average Bonchev–Trinajstić information content (AvgIpc) is 2.76. The molecule has 0 fully saturated rings. The van der Waals surface area contributed by atoms with E-state index in [2.05, 4.69) is 20.9 Å². The Kier molecular flexibility index (Phi) is 9.15. The first-order valence-electron chi connectivity index (χ1n) is 7.24. The zero-order valence-corrected chi connectivity index (χ0v) is 16.4. The minimum atomic E-state index is -0.224. The number of rotatable bonds is 5. The van der Waals surface area contributed by atoms with Crippen LogP contribution in [0.4, 0.5) is 0 Å². The van der Waals surface area contributed by atoms with E-state index in [0.29, 0.717) is 12.5 Å². The number of amides is 1. The molecule has 0 aliphatic heterocycles. The normalized spacial score (nSPS) is 11.6. The number of guanidine groups is 1. The second-order valence-corrected chi connectivity index (χ2v) is 6.03. The van der Waals surface area contributed by atoms with E-state index < -0.39 is 0 Å². The van der Waals surface area contributed by atoms with Gasteiger partial charge in [0, 0.05) is 31.5 Å². The number of carbonyl (C=O) groups is 1. The molecule has 7 heteroatoms. The summed E-state index contributed by atoms with van der Waals surface area (Å²) >= 11 is 0. The third-order valence-electron chi connectivity index (χ3n) is 2.59. The van der Waals surface area contributed by atoms with Crippen molar-refractivity contribution in [2.24, 2.45) is 12.0 Å². The second-order valence-electron chi connectivity index (χ2n) is 6.03. The molecular formula is C15H28IN5O. The number of hydrogen-bond acceptors (Lipinski definition) is 2. The molecule has 3 N–H and O–H groups in total. The van der Waals surface area contributed by atoms with Crippen LogP contribution in [0.2, 0.25) is 0 Å². The van der Waals surface area contributed by atoms with Gasteiger partial charge in [0.05, 0.1) is 13.1 Å². The summed E-state index contributed by atoms with van der Waals surface area (Å²) in [7, 11) is 1.98. The van der Waals surface area contributed by atoms with Gasteiger partial charge in [-0.05, 0) is 39.3 Å². The molecule has 0 aliphatic carbocycles. The quantitative estimate of drug-likeness (QED) is 0.385. The molecule has 1 amide bonds. The first-order valence-corrected chi connectivity index (χ1v) is 7.24. The van der Waals surface area contributed by atoms with Crippen molar-refractivity contribution in [1.82, 2.24) is 20.5 Å². The summed E-state index contributed by atoms with van der Waals surface area (Å²) in [5, 5.41) is 9.08. The van der Waals surface area contributed by atoms with Gasteiger partial charge in [0.15, 0.2) is 5.96 Å². The highest BCUT2D eigenvalue weighted by atomic mass is 127. The summed E-state index contributed by atoms with van der Waals surface area (Å²) < 4.78 is 1.99. The lowest BCUT2D eigenvalue weighted by Crippen LogP contribution is -2.48. The zero-order valence-electron chi connectivity index (χ0n) is 14.1. The Morgan fingerprint density at radius 1 is 1.32 bits per heavy atom. The summed E-state index contributed by atoms with van der Waals surface area (Å²) in [4.78, 5) is 16.3. The zero-order chi connectivity index (χ0) is 15.9. The van der Waals surface area contributed by atoms with Gasteiger partial charge in [-0.25, -0.2) is 4.99 Å². The van der Waals surface area contributed by atoms with E-state index in [-0.39, 0.29) is 42.0 Å². The van der Waals surface area contributed by atoms with Crippen molar-refractivity contribution in [2.75, 3.05) is 13.1 Å². The van der Waals surface area contributed by atoms with Gasteiger partial charge in [0.1, 0.15) is 0 Å². The molecule has 0 saturated heterocycles. The average molecular weight is 421 g/mol. The van der Waals surface area contributed by atoms with E-state index in [0.717, 1.165) is 12.1 Å². The summed E-state index contributed by atoms with van der Waals surface area (Å²) in [6.07, 6.45) is 4.02. The predicted octanol–water partition coefficient (Wildman–Crippen LogP) is 1.61. The fourth-order valence-electron chi connectivity index (χ4n) is 1.79. The minimum Gasteiger partial charge on any atom is -0.357 e. The Labute approximate surface area is 150 Å². The van der Waals surface area contributed by atoms with Gasteiger partial charge in [-0.1, -0.05) is 0 Å². The summed E-state index contributed by atoms with van der Waals surface area (Å²) in [6, 6.07) is 2.03. The maximum absolute atomic E-state index is 11.8. The van der Waals surface area contributed by atoms with E-state index in [9.17, 15) is 4.79 Å². The lowest BCUT2D eigenvalue weighted by atomic mass is 10.1. The van der Waals surface area contributed by atoms with Crippen LogP contribution in [0.25, 0.3) is 0 Å². The molecule has 1 aromatic heterocycles. The molecule has 0 atom stereocenters. The third-order valence-corrected chi connectivity index (χ3v) is 2.59. The number of aryl methyl sites for hydroxylation is 1. The van der Waals surface area contributed by atoms with Crippen molar-refractivity contribution in [3.05, 3.63) is 24.0 Å². The Bertz CT molecular complexity index is 490. The standard InChI is InChI=1S/C15H27N5O.HI/c1-6-16-14(17-9-12-7-8-20(5)11-12)18-10-13(21)19-15(2,3)4;/h7-8,11H,6,9-10H2,1-5H3,(H,19,21)(H2,16,17,18);1H. The highest BCUT2D eigenvalue weighted by Crippen LogP contribution is 2.01. The fraction of sp³-hybridized carbons (Fsp3) is 0.600. The summed E-state index contributed by atoms with van der Waals surface area (Å²) in [5.74, 6) is 0.596. The van der Waals surface area contributed by atoms with E-state index >= 15 is 0 Å². The van der Waals surface area contributed by atoms with E-state index in [1.54, 1.807) is 0 Å². The molecule has 22 heavy (non-hydrogen) atoms. The Hall–Kier alpha value is -1.25. The van der Waals surface area contributed by atoms with Gasteiger partial charge in [-0.15, -0.1) is 24.0 Å². The number of halogens is 1. The van der Waals surface area contributed by atoms with Crippen molar-refractivity contribution in [1.29, 1.82) is 0 Å². The molecule has 0 spiro atoms. The van der Waals surface area contributed by atoms with Gasteiger partial charge in [0.25, 0.3) is 0 Å². The molecule has 1 heterocycles. The van der Waals surface area contributed by atoms with Crippen LogP contribution in [0.5, 0.6) is 0 Å². The number of nitrogens with one attached hydrogen (secondary N) is 3. The largest absolute Gasteiger partial charge is 0.357 e. The maximum atomic E-state index is 11.8. The van der Waals surface area contributed by atoms with Crippen LogP contribution in [-0.2, 0) is 18.4 Å². The first-order chi connectivity index (χ1) is 9.80. The highest BCUT2D eigenvalue weighted by molar-refractivity contribution is 14.0. The van der Waals surface area contributed by atoms with Crippen molar-refractivity contribution in [2.45, 2.75) is 39.8 Å². The van der Waals surface area contributed by atoms with E-state index in [4.69, 9.17) is 0 Å². The summed E-state index contributed by atoms with van der Waals surface area (Å²) in [5.41, 5.74) is 0.909. The maximum Gasteiger partial charge on any atom is 0.239 e. The van der Waals surface area contributed by atoms with Crippen molar-refractivity contribution in [3.63, 3.8) is 0 Å². The van der Waals surface area contributed by atoms with Crippen molar-refractivity contribution in [3.8, 4) is 0 Å². The smallest absolute Gasteiger partial charge is 0.239 e. The van der Waals surface area contributed by atoms with Crippen LogP contribution in [0.3, 0.4) is 0 Å². The molecule has 6 nitrogen and oxygen atoms in total. The molecule has 0 radical (unpaired) electrons. The van der Waals surface area contributed by atoms with E-state index in [1.165, 1.54) is 0 Å². The molecule has 0 aliphatic rings. The molecule has 0 unspecified atom stereocenters. The van der Waals surface area contributed by atoms with Gasteiger partial charge in [0.2, 0.25) is 5.91 Å². The van der Waals surface area contributed by atoms with Crippen LogP contribution < -0.4 is 16.0 Å². The number of carbonyl (C=O) groups excluding carboxylic acids is 1. The molecule has 0 bridgehead atoms.